The Bertz CT molecular complexity index is 629. The number of amides is 1. The molecule has 0 aliphatic carbocycles. The first kappa shape index (κ1) is 17.1. The number of likely N-dealkylation sites (N-methyl/N-ethyl adjacent to an activating group) is 1. The second-order valence-electron chi connectivity index (χ2n) is 5.59. The summed E-state index contributed by atoms with van der Waals surface area (Å²) in [5.41, 5.74) is 1.44. The molecule has 0 saturated heterocycles. The van der Waals surface area contributed by atoms with Crippen LogP contribution in [0.3, 0.4) is 0 Å². The summed E-state index contributed by atoms with van der Waals surface area (Å²) < 4.78 is 13.0. The van der Waals surface area contributed by atoms with E-state index in [4.69, 9.17) is 0 Å². The van der Waals surface area contributed by atoms with E-state index >= 15 is 0 Å². The van der Waals surface area contributed by atoms with Gasteiger partial charge in [-0.3, -0.25) is 4.79 Å². The van der Waals surface area contributed by atoms with Gasteiger partial charge in [-0.1, -0.05) is 42.5 Å². The maximum Gasteiger partial charge on any atom is 0.253 e. The fourth-order valence-electron chi connectivity index (χ4n) is 2.36. The number of carbonyl (C=O) groups excluding carboxylic acids is 1. The molecule has 4 nitrogen and oxygen atoms in total. The molecule has 0 bridgehead atoms. The van der Waals surface area contributed by atoms with Gasteiger partial charge in [-0.05, 0) is 37.4 Å². The van der Waals surface area contributed by atoms with Crippen molar-refractivity contribution < 1.29 is 14.3 Å². The molecule has 5 heteroatoms. The molecule has 1 amide bonds. The van der Waals surface area contributed by atoms with E-state index in [0.29, 0.717) is 12.1 Å². The molecule has 2 rings (SSSR count). The van der Waals surface area contributed by atoms with Crippen molar-refractivity contribution in [3.05, 3.63) is 71.5 Å². The number of carbonyl (C=O) groups is 1. The Morgan fingerprint density at radius 3 is 2.26 bits per heavy atom. The molecule has 2 unspecified atom stereocenters. The number of aliphatic hydroxyl groups is 1. The number of nitrogens with zero attached hydrogens (tertiary/aromatic N) is 1. The van der Waals surface area contributed by atoms with Gasteiger partial charge < -0.3 is 15.3 Å². The molecule has 0 saturated carbocycles. The van der Waals surface area contributed by atoms with E-state index in [9.17, 15) is 14.3 Å². The maximum atomic E-state index is 13.0. The van der Waals surface area contributed by atoms with Crippen LogP contribution >= 0.6 is 0 Å². The van der Waals surface area contributed by atoms with Gasteiger partial charge in [-0.25, -0.2) is 4.39 Å². The number of halogens is 1. The van der Waals surface area contributed by atoms with Gasteiger partial charge in [0.25, 0.3) is 5.91 Å². The van der Waals surface area contributed by atoms with Crippen molar-refractivity contribution in [3.63, 3.8) is 0 Å². The van der Waals surface area contributed by atoms with Crippen LogP contribution in [-0.2, 0) is 4.79 Å². The second kappa shape index (κ2) is 7.85. The topological polar surface area (TPSA) is 52.6 Å². The lowest BCUT2D eigenvalue weighted by molar-refractivity contribution is -0.129. The summed E-state index contributed by atoms with van der Waals surface area (Å²) in [7, 11) is 3.77. The third-order valence-corrected chi connectivity index (χ3v) is 3.71. The van der Waals surface area contributed by atoms with E-state index in [0.717, 1.165) is 5.56 Å². The normalized spacial score (nSPS) is 13.6. The lowest BCUT2D eigenvalue weighted by atomic mass is 10.1. The van der Waals surface area contributed by atoms with Crippen LogP contribution in [-0.4, -0.2) is 36.6 Å². The summed E-state index contributed by atoms with van der Waals surface area (Å²) >= 11 is 0. The summed E-state index contributed by atoms with van der Waals surface area (Å²) in [4.78, 5) is 14.0. The molecule has 0 spiro atoms. The number of aliphatic hydroxyl groups excluding tert-OH is 1. The van der Waals surface area contributed by atoms with Crippen LogP contribution in [0.25, 0.3) is 0 Å². The highest BCUT2D eigenvalue weighted by Crippen LogP contribution is 2.18. The zero-order chi connectivity index (χ0) is 16.8. The van der Waals surface area contributed by atoms with E-state index in [-0.39, 0.29) is 11.9 Å². The summed E-state index contributed by atoms with van der Waals surface area (Å²) in [6.45, 7) is 0.321. The monoisotopic (exact) mass is 316 g/mol. The first-order valence-electron chi connectivity index (χ1n) is 7.41. The Morgan fingerprint density at radius 1 is 1.09 bits per heavy atom. The van der Waals surface area contributed by atoms with Gasteiger partial charge in [0.15, 0.2) is 6.10 Å². The minimum Gasteiger partial charge on any atom is -0.378 e. The quantitative estimate of drug-likeness (QED) is 0.860. The number of rotatable bonds is 6. The molecule has 2 atom stereocenters. The van der Waals surface area contributed by atoms with Crippen molar-refractivity contribution in [3.8, 4) is 0 Å². The third-order valence-electron chi connectivity index (χ3n) is 3.71. The predicted octanol–water partition coefficient (Wildman–Crippen LogP) is 2.28. The van der Waals surface area contributed by atoms with Crippen molar-refractivity contribution in [1.82, 2.24) is 10.2 Å². The van der Waals surface area contributed by atoms with Crippen molar-refractivity contribution in [2.45, 2.75) is 12.1 Å². The van der Waals surface area contributed by atoms with Crippen LogP contribution in [0.5, 0.6) is 0 Å². The molecule has 0 aliphatic rings. The molecule has 122 valence electrons. The largest absolute Gasteiger partial charge is 0.378 e. The molecule has 0 radical (unpaired) electrons. The molecule has 0 heterocycles. The standard InChI is InChI=1S/C18H21FN2O2/c1-21(2)16(13-8-10-15(19)11-9-13)12-20-18(23)17(22)14-6-4-3-5-7-14/h3-11,16-17,22H,12H2,1-2H3,(H,20,23). The van der Waals surface area contributed by atoms with Crippen molar-refractivity contribution >= 4 is 5.91 Å². The highest BCUT2D eigenvalue weighted by Gasteiger charge is 2.20. The molecule has 2 aromatic carbocycles. The van der Waals surface area contributed by atoms with E-state index < -0.39 is 12.0 Å². The zero-order valence-corrected chi connectivity index (χ0v) is 13.2. The molecule has 0 aliphatic heterocycles. The van der Waals surface area contributed by atoms with E-state index in [2.05, 4.69) is 5.32 Å². The van der Waals surface area contributed by atoms with Gasteiger partial charge in [0, 0.05) is 6.54 Å². The van der Waals surface area contributed by atoms with Crippen LogP contribution < -0.4 is 5.32 Å². The van der Waals surface area contributed by atoms with Crippen molar-refractivity contribution in [2.24, 2.45) is 0 Å². The molecule has 2 N–H and O–H groups in total. The summed E-state index contributed by atoms with van der Waals surface area (Å²) in [5.74, 6) is -0.750. The average Bonchev–Trinajstić information content (AvgIpc) is 2.56. The van der Waals surface area contributed by atoms with Gasteiger partial charge >= 0.3 is 0 Å². The second-order valence-corrected chi connectivity index (χ2v) is 5.59. The minimum atomic E-state index is -1.20. The fourth-order valence-corrected chi connectivity index (χ4v) is 2.36. The van der Waals surface area contributed by atoms with Gasteiger partial charge in [-0.2, -0.15) is 0 Å². The number of hydrogen-bond donors (Lipinski definition) is 2. The van der Waals surface area contributed by atoms with Gasteiger partial charge in [0.1, 0.15) is 5.82 Å². The first-order chi connectivity index (χ1) is 11.0. The van der Waals surface area contributed by atoms with Crippen molar-refractivity contribution in [1.29, 1.82) is 0 Å². The van der Waals surface area contributed by atoms with E-state index in [1.807, 2.05) is 25.1 Å². The highest BCUT2D eigenvalue weighted by molar-refractivity contribution is 5.81. The summed E-state index contributed by atoms with van der Waals surface area (Å²) in [6.07, 6.45) is -1.20. The van der Waals surface area contributed by atoms with Crippen LogP contribution in [0, 0.1) is 5.82 Å². The van der Waals surface area contributed by atoms with E-state index in [1.165, 1.54) is 12.1 Å². The van der Waals surface area contributed by atoms with Crippen LogP contribution in [0.2, 0.25) is 0 Å². The van der Waals surface area contributed by atoms with Crippen LogP contribution in [0.1, 0.15) is 23.3 Å². The smallest absolute Gasteiger partial charge is 0.253 e. The Hall–Kier alpha value is -2.24. The van der Waals surface area contributed by atoms with Gasteiger partial charge in [-0.15, -0.1) is 0 Å². The molecule has 2 aromatic rings. The predicted molar refractivity (Wildman–Crippen MR) is 87.2 cm³/mol. The number of nitrogens with one attached hydrogen (secondary N) is 1. The van der Waals surface area contributed by atoms with Gasteiger partial charge in [0.2, 0.25) is 0 Å². The lowest BCUT2D eigenvalue weighted by Gasteiger charge is -2.25. The Labute approximate surface area is 135 Å². The Balaban J connectivity index is 2.01. The molecule has 0 fully saturated rings. The Morgan fingerprint density at radius 2 is 1.70 bits per heavy atom. The van der Waals surface area contributed by atoms with Crippen LogP contribution in [0.4, 0.5) is 4.39 Å². The SMILES string of the molecule is CN(C)C(CNC(=O)C(O)c1ccccc1)c1ccc(F)cc1. The minimum absolute atomic E-state index is 0.109. The molecular weight excluding hydrogens is 295 g/mol. The average molecular weight is 316 g/mol. The summed E-state index contributed by atoms with van der Waals surface area (Å²) in [6, 6.07) is 14.8. The highest BCUT2D eigenvalue weighted by atomic mass is 19.1. The van der Waals surface area contributed by atoms with Crippen molar-refractivity contribution in [2.75, 3.05) is 20.6 Å². The van der Waals surface area contributed by atoms with Crippen LogP contribution in [0.15, 0.2) is 54.6 Å². The van der Waals surface area contributed by atoms with Gasteiger partial charge in [0.05, 0.1) is 6.04 Å². The number of hydrogen-bond acceptors (Lipinski definition) is 3. The summed E-state index contributed by atoms with van der Waals surface area (Å²) in [5, 5.41) is 12.8. The fraction of sp³-hybridized carbons (Fsp3) is 0.278. The molecular formula is C18H21FN2O2. The maximum absolute atomic E-state index is 13.0. The molecule has 23 heavy (non-hydrogen) atoms. The van der Waals surface area contributed by atoms with E-state index in [1.54, 1.807) is 36.4 Å². The zero-order valence-electron chi connectivity index (χ0n) is 13.2. The lowest BCUT2D eigenvalue weighted by Crippen LogP contribution is -2.37. The Kier molecular flexibility index (Phi) is 5.84. The first-order valence-corrected chi connectivity index (χ1v) is 7.41. The third kappa shape index (κ3) is 4.61. The molecule has 0 aromatic heterocycles. The number of benzene rings is 2.